The molecular formula is C17H14F2N6O2. The molecule has 3 rings (SSSR count). The van der Waals surface area contributed by atoms with E-state index < -0.39 is 17.5 Å². The highest BCUT2D eigenvalue weighted by Crippen LogP contribution is 2.26. The van der Waals surface area contributed by atoms with Crippen molar-refractivity contribution in [2.45, 2.75) is 0 Å². The smallest absolute Gasteiger partial charge is 0.260 e. The number of carbonyl (C=O) groups excluding carboxylic acids is 1. The van der Waals surface area contributed by atoms with Crippen molar-refractivity contribution in [3.8, 4) is 11.5 Å². The topological polar surface area (TPSA) is 115 Å². The third-order valence-electron chi connectivity index (χ3n) is 3.17. The predicted octanol–water partition coefficient (Wildman–Crippen LogP) is 3.06. The second-order valence-electron chi connectivity index (χ2n) is 5.08. The highest BCUT2D eigenvalue weighted by Gasteiger charge is 2.15. The number of amides is 1. The Hall–Kier alpha value is -3.95. The summed E-state index contributed by atoms with van der Waals surface area (Å²) >= 11 is 0. The summed E-state index contributed by atoms with van der Waals surface area (Å²) in [4.78, 5) is 27.8. The summed E-state index contributed by atoms with van der Waals surface area (Å²) in [5.74, 6) is -1.31. The Bertz CT molecular complexity index is 1000. The number of halogens is 2. The first-order valence-electron chi connectivity index (χ1n) is 7.51. The number of aliphatic imine (C=N–C) groups is 1. The molecule has 0 aliphatic carbocycles. The normalized spacial score (nSPS) is 10.7. The van der Waals surface area contributed by atoms with Crippen LogP contribution in [0.4, 0.5) is 20.4 Å². The first-order chi connectivity index (χ1) is 13.0. The standard InChI is InChI=1S/C17H12F2N6O2.H2/c18-10-1-2-15(22-6-10)25-17(26)14-4-13(8-23-16(14)24-9-20)27-12-3-11(19)5-21-7-12;/h1-9H,(H2,20,23,24)(H,22,25,26);1H. The van der Waals surface area contributed by atoms with E-state index in [2.05, 4.69) is 25.3 Å². The second kappa shape index (κ2) is 7.95. The minimum Gasteiger partial charge on any atom is -0.454 e. The monoisotopic (exact) mass is 372 g/mol. The number of nitrogens with two attached hydrogens (primary N) is 1. The molecule has 0 spiro atoms. The maximum atomic E-state index is 13.2. The van der Waals surface area contributed by atoms with Gasteiger partial charge in [0.2, 0.25) is 0 Å². The van der Waals surface area contributed by atoms with E-state index in [-0.39, 0.29) is 30.1 Å². The second-order valence-corrected chi connectivity index (χ2v) is 5.08. The average molecular weight is 372 g/mol. The van der Waals surface area contributed by atoms with Gasteiger partial charge in [-0.15, -0.1) is 0 Å². The van der Waals surface area contributed by atoms with Crippen LogP contribution < -0.4 is 15.8 Å². The lowest BCUT2D eigenvalue weighted by Gasteiger charge is -2.09. The van der Waals surface area contributed by atoms with Crippen LogP contribution in [-0.2, 0) is 0 Å². The van der Waals surface area contributed by atoms with Crippen LogP contribution in [0.2, 0.25) is 0 Å². The van der Waals surface area contributed by atoms with Crippen molar-refractivity contribution in [2.24, 2.45) is 10.7 Å². The zero-order valence-corrected chi connectivity index (χ0v) is 13.6. The Labute approximate surface area is 153 Å². The van der Waals surface area contributed by atoms with Crippen LogP contribution >= 0.6 is 0 Å². The quantitative estimate of drug-likeness (QED) is 0.525. The van der Waals surface area contributed by atoms with Gasteiger partial charge in [0.05, 0.1) is 36.7 Å². The van der Waals surface area contributed by atoms with Crippen LogP contribution in [0.3, 0.4) is 0 Å². The number of hydrogen-bond donors (Lipinski definition) is 2. The SMILES string of the molecule is N/C=N\c1ncc(Oc2cncc(F)c2)cc1C(=O)Nc1ccc(F)cn1.[HH]. The molecule has 138 valence electrons. The maximum absolute atomic E-state index is 13.2. The van der Waals surface area contributed by atoms with Crippen molar-refractivity contribution in [3.05, 3.63) is 66.3 Å². The van der Waals surface area contributed by atoms with Gasteiger partial charge in [-0.1, -0.05) is 0 Å². The van der Waals surface area contributed by atoms with Gasteiger partial charge in [0.15, 0.2) is 5.82 Å². The lowest BCUT2D eigenvalue weighted by Crippen LogP contribution is -2.14. The van der Waals surface area contributed by atoms with Crippen LogP contribution in [0, 0.1) is 11.6 Å². The first kappa shape index (κ1) is 17.9. The van der Waals surface area contributed by atoms with Gasteiger partial charge in [0.25, 0.3) is 5.91 Å². The van der Waals surface area contributed by atoms with E-state index in [1.54, 1.807) is 0 Å². The number of hydrogen-bond acceptors (Lipinski definition) is 6. The molecule has 0 saturated carbocycles. The Morgan fingerprint density at radius 3 is 2.63 bits per heavy atom. The molecule has 0 fully saturated rings. The lowest BCUT2D eigenvalue weighted by atomic mass is 10.2. The van der Waals surface area contributed by atoms with Gasteiger partial charge < -0.3 is 15.8 Å². The zero-order chi connectivity index (χ0) is 19.2. The Kier molecular flexibility index (Phi) is 5.26. The average Bonchev–Trinajstić information content (AvgIpc) is 2.65. The number of nitrogens with zero attached hydrogens (tertiary/aromatic N) is 4. The van der Waals surface area contributed by atoms with Crippen molar-refractivity contribution in [2.75, 3.05) is 5.32 Å². The molecule has 10 heteroatoms. The van der Waals surface area contributed by atoms with E-state index in [4.69, 9.17) is 10.5 Å². The van der Waals surface area contributed by atoms with E-state index in [0.717, 1.165) is 30.9 Å². The summed E-state index contributed by atoms with van der Waals surface area (Å²) in [5, 5.41) is 2.49. The fourth-order valence-electron chi connectivity index (χ4n) is 2.05. The van der Waals surface area contributed by atoms with Crippen molar-refractivity contribution in [1.82, 2.24) is 15.0 Å². The van der Waals surface area contributed by atoms with Crippen molar-refractivity contribution in [3.63, 3.8) is 0 Å². The summed E-state index contributed by atoms with van der Waals surface area (Å²) < 4.78 is 31.6. The fourth-order valence-corrected chi connectivity index (χ4v) is 2.05. The Morgan fingerprint density at radius 2 is 1.93 bits per heavy atom. The van der Waals surface area contributed by atoms with Gasteiger partial charge in [-0.05, 0) is 18.2 Å². The molecule has 0 aromatic carbocycles. The third-order valence-corrected chi connectivity index (χ3v) is 3.17. The van der Waals surface area contributed by atoms with Gasteiger partial charge in [0.1, 0.15) is 29.0 Å². The maximum Gasteiger partial charge on any atom is 0.260 e. The number of pyridine rings is 3. The van der Waals surface area contributed by atoms with Crippen LogP contribution in [0.25, 0.3) is 0 Å². The van der Waals surface area contributed by atoms with Crippen LogP contribution in [0.5, 0.6) is 11.5 Å². The molecule has 1 amide bonds. The molecule has 8 nitrogen and oxygen atoms in total. The number of rotatable bonds is 5. The summed E-state index contributed by atoms with van der Waals surface area (Å²) in [6, 6.07) is 4.92. The third kappa shape index (κ3) is 4.57. The van der Waals surface area contributed by atoms with Crippen molar-refractivity contribution >= 4 is 23.9 Å². The zero-order valence-electron chi connectivity index (χ0n) is 13.6. The molecule has 3 N–H and O–H groups in total. The molecule has 0 bridgehead atoms. The molecule has 0 atom stereocenters. The van der Waals surface area contributed by atoms with Crippen LogP contribution in [0.1, 0.15) is 11.8 Å². The van der Waals surface area contributed by atoms with Gasteiger partial charge in [-0.3, -0.25) is 9.78 Å². The van der Waals surface area contributed by atoms with Crippen molar-refractivity contribution < 1.29 is 19.7 Å². The van der Waals surface area contributed by atoms with Crippen molar-refractivity contribution in [1.29, 1.82) is 0 Å². The van der Waals surface area contributed by atoms with E-state index in [1.807, 2.05) is 0 Å². The van der Waals surface area contributed by atoms with E-state index in [0.29, 0.717) is 0 Å². The molecule has 0 aliphatic heterocycles. The Morgan fingerprint density at radius 1 is 1.11 bits per heavy atom. The van der Waals surface area contributed by atoms with Gasteiger partial charge in [-0.25, -0.2) is 23.7 Å². The number of anilines is 1. The first-order valence-corrected chi connectivity index (χ1v) is 7.51. The Balaban J connectivity index is 0.00000280. The lowest BCUT2D eigenvalue weighted by molar-refractivity contribution is 0.102. The summed E-state index contributed by atoms with van der Waals surface area (Å²) in [6.45, 7) is 0. The molecule has 27 heavy (non-hydrogen) atoms. The minimum atomic E-state index is -0.620. The molecule has 3 aromatic rings. The van der Waals surface area contributed by atoms with Crippen LogP contribution in [-0.4, -0.2) is 27.2 Å². The highest BCUT2D eigenvalue weighted by molar-refractivity contribution is 6.07. The molecule has 0 saturated heterocycles. The molecule has 0 unspecified atom stereocenters. The van der Waals surface area contributed by atoms with E-state index in [1.165, 1.54) is 24.5 Å². The fraction of sp³-hybridized carbons (Fsp3) is 0. The molecule has 0 aliphatic rings. The predicted molar refractivity (Wildman–Crippen MR) is 95.1 cm³/mol. The number of aromatic nitrogens is 3. The molecule has 0 radical (unpaired) electrons. The van der Waals surface area contributed by atoms with Gasteiger partial charge in [0, 0.05) is 7.49 Å². The van der Waals surface area contributed by atoms with Gasteiger partial charge in [-0.2, -0.15) is 0 Å². The summed E-state index contributed by atoms with van der Waals surface area (Å²) in [5.41, 5.74) is 5.30. The molecule has 3 aromatic heterocycles. The van der Waals surface area contributed by atoms with Gasteiger partial charge >= 0.3 is 0 Å². The van der Waals surface area contributed by atoms with E-state index >= 15 is 0 Å². The number of nitrogens with one attached hydrogen (secondary N) is 1. The van der Waals surface area contributed by atoms with Crippen LogP contribution in [0.15, 0.2) is 54.0 Å². The molecular weight excluding hydrogens is 358 g/mol. The largest absolute Gasteiger partial charge is 0.454 e. The number of carbonyl (C=O) groups is 1. The highest BCUT2D eigenvalue weighted by atomic mass is 19.1. The van der Waals surface area contributed by atoms with E-state index in [9.17, 15) is 13.6 Å². The minimum absolute atomic E-state index is 0. The number of ether oxygens (including phenoxy) is 1. The summed E-state index contributed by atoms with van der Waals surface area (Å²) in [7, 11) is 0. The molecule has 3 heterocycles. The summed E-state index contributed by atoms with van der Waals surface area (Å²) in [6.07, 6.45) is 5.56.